The smallest absolute Gasteiger partial charge is 0.254 e. The molecule has 0 atom stereocenters. The summed E-state index contributed by atoms with van der Waals surface area (Å²) in [4.78, 5) is 8.57. The number of carbonyl (C=O) groups is 1. The van der Waals surface area contributed by atoms with Crippen LogP contribution in [-0.4, -0.2) is 10.1 Å². The van der Waals surface area contributed by atoms with Crippen LogP contribution in [0.5, 0.6) is 0 Å². The van der Waals surface area contributed by atoms with Crippen LogP contribution in [0.15, 0.2) is 18.2 Å². The quantitative estimate of drug-likeness (QED) is 0.551. The molecule has 0 fully saturated rings. The number of halogens is 3. The van der Waals surface area contributed by atoms with E-state index in [0.29, 0.717) is 0 Å². The molecule has 0 heterocycles. The van der Waals surface area contributed by atoms with E-state index in [0.717, 1.165) is 0 Å². The van der Waals surface area contributed by atoms with Crippen LogP contribution < -0.4 is 0 Å². The van der Waals surface area contributed by atoms with Gasteiger partial charge in [-0.2, -0.15) is 0 Å². The maximum Gasteiger partial charge on any atom is 0.254 e. The lowest BCUT2D eigenvalue weighted by atomic mass is 10.1. The van der Waals surface area contributed by atoms with Gasteiger partial charge in [-0.25, -0.2) is 0 Å². The van der Waals surface area contributed by atoms with Crippen molar-refractivity contribution in [1.82, 2.24) is 0 Å². The zero-order valence-corrected chi connectivity index (χ0v) is 11.1. The van der Waals surface area contributed by atoms with E-state index in [4.69, 9.17) is 34.8 Å². The molecule has 0 aliphatic heterocycles. The van der Waals surface area contributed by atoms with E-state index in [9.17, 15) is 4.79 Å². The van der Waals surface area contributed by atoms with E-state index in [1.165, 1.54) is 16.7 Å². The third-order valence-corrected chi connectivity index (χ3v) is 2.38. The summed E-state index contributed by atoms with van der Waals surface area (Å²) in [5, 5.41) is -0.738. The maximum absolute atomic E-state index is 9.65. The molecule has 4 heteroatoms. The van der Waals surface area contributed by atoms with Gasteiger partial charge < -0.3 is 0 Å². The van der Waals surface area contributed by atoms with E-state index in [1.54, 1.807) is 0 Å². The second kappa shape index (κ2) is 7.10. The van der Waals surface area contributed by atoms with Gasteiger partial charge in [0, 0.05) is 0 Å². The Labute approximate surface area is 105 Å². The molecule has 0 spiro atoms. The van der Waals surface area contributed by atoms with Crippen molar-refractivity contribution in [2.45, 2.75) is 25.6 Å². The fourth-order valence-corrected chi connectivity index (χ4v) is 1.20. The molecule has 0 aliphatic rings. The Hall–Kier alpha value is -0.240. The molecule has 0 bridgehead atoms. The molecular formula is C11H13Cl3O. The lowest BCUT2D eigenvalue weighted by Gasteiger charge is -1.96. The fraction of sp³-hybridized carbons (Fsp3) is 0.364. The molecule has 84 valence electrons. The van der Waals surface area contributed by atoms with E-state index in [-0.39, 0.29) is 0 Å². The Balaban J connectivity index is 0.000000288. The first kappa shape index (κ1) is 14.8. The molecule has 0 aromatic heterocycles. The van der Waals surface area contributed by atoms with E-state index < -0.39 is 10.1 Å². The minimum Gasteiger partial charge on any atom is -0.278 e. The maximum atomic E-state index is 9.65. The van der Waals surface area contributed by atoms with Crippen LogP contribution in [0.1, 0.15) is 16.7 Å². The van der Waals surface area contributed by atoms with Crippen LogP contribution >= 0.6 is 34.8 Å². The van der Waals surface area contributed by atoms with Gasteiger partial charge in [-0.3, -0.25) is 4.79 Å². The summed E-state index contributed by atoms with van der Waals surface area (Å²) in [6, 6.07) is 6.56. The summed E-state index contributed by atoms with van der Waals surface area (Å²) < 4.78 is 0. The molecule has 1 nitrogen and oxygen atoms in total. The minimum atomic E-state index is -1.08. The van der Waals surface area contributed by atoms with Crippen molar-refractivity contribution >= 4 is 40.0 Å². The summed E-state index contributed by atoms with van der Waals surface area (Å²) in [6.07, 6.45) is 0. The van der Waals surface area contributed by atoms with Crippen molar-refractivity contribution < 1.29 is 4.79 Å². The molecule has 0 saturated heterocycles. The Bertz CT molecular complexity index is 284. The standard InChI is InChI=1S/C9H12.C2HCl3O/c1-7-4-8(2)6-9(3)5-7;3-1(4)2(5)6/h4-6H,1-3H3;1H. The van der Waals surface area contributed by atoms with Crippen molar-refractivity contribution in [2.75, 3.05) is 0 Å². The molecule has 1 rings (SSSR count). The first-order chi connectivity index (χ1) is 6.82. The second-order valence-corrected chi connectivity index (χ2v) is 4.74. The second-order valence-electron chi connectivity index (χ2n) is 3.27. The number of benzene rings is 1. The van der Waals surface area contributed by atoms with Crippen molar-refractivity contribution in [2.24, 2.45) is 0 Å². The van der Waals surface area contributed by atoms with Crippen molar-refractivity contribution in [3.05, 3.63) is 34.9 Å². The Morgan fingerprint density at radius 2 is 1.20 bits per heavy atom. The zero-order valence-electron chi connectivity index (χ0n) is 8.85. The van der Waals surface area contributed by atoms with E-state index in [2.05, 4.69) is 39.0 Å². The number of hydrogen-bond donors (Lipinski definition) is 0. The zero-order chi connectivity index (χ0) is 12.0. The van der Waals surface area contributed by atoms with Crippen LogP contribution in [-0.2, 0) is 4.79 Å². The number of alkyl halides is 2. The summed E-state index contributed by atoms with van der Waals surface area (Å²) >= 11 is 14.5. The molecular weight excluding hydrogens is 254 g/mol. The molecule has 0 N–H and O–H groups in total. The number of rotatable bonds is 1. The fourth-order valence-electron chi connectivity index (χ4n) is 1.20. The predicted molar refractivity (Wildman–Crippen MR) is 67.0 cm³/mol. The minimum absolute atomic E-state index is 0.738. The molecule has 15 heavy (non-hydrogen) atoms. The molecule has 0 saturated carbocycles. The Kier molecular flexibility index (Phi) is 6.99. The predicted octanol–water partition coefficient (Wildman–Crippen LogP) is 4.17. The van der Waals surface area contributed by atoms with Crippen LogP contribution in [0.3, 0.4) is 0 Å². The molecule has 0 aliphatic carbocycles. The van der Waals surface area contributed by atoms with Gasteiger partial charge in [0.1, 0.15) is 0 Å². The van der Waals surface area contributed by atoms with E-state index in [1.807, 2.05) is 0 Å². The average molecular weight is 268 g/mol. The average Bonchev–Trinajstić information content (AvgIpc) is 2.01. The highest BCUT2D eigenvalue weighted by Crippen LogP contribution is 2.06. The first-order valence-corrected chi connectivity index (χ1v) is 5.60. The van der Waals surface area contributed by atoms with E-state index >= 15 is 0 Å². The first-order valence-electron chi connectivity index (χ1n) is 4.35. The highest BCUT2D eigenvalue weighted by molar-refractivity contribution is 6.75. The molecule has 0 radical (unpaired) electrons. The van der Waals surface area contributed by atoms with Gasteiger partial charge in [-0.15, -0.1) is 0 Å². The lowest BCUT2D eigenvalue weighted by Crippen LogP contribution is -1.95. The number of hydrogen-bond acceptors (Lipinski definition) is 1. The SMILES string of the molecule is Cc1cc(C)cc(C)c1.O=C(Cl)C(Cl)Cl. The van der Waals surface area contributed by atoms with Gasteiger partial charge >= 0.3 is 0 Å². The molecule has 0 amide bonds. The largest absolute Gasteiger partial charge is 0.278 e. The van der Waals surface area contributed by atoms with Gasteiger partial charge in [-0.1, -0.05) is 58.1 Å². The lowest BCUT2D eigenvalue weighted by molar-refractivity contribution is -0.110. The number of carbonyl (C=O) groups excluding carboxylic acids is 1. The molecule has 0 unspecified atom stereocenters. The summed E-state index contributed by atoms with van der Waals surface area (Å²) in [5.74, 6) is 0. The Morgan fingerprint density at radius 1 is 1.00 bits per heavy atom. The molecule has 1 aromatic carbocycles. The van der Waals surface area contributed by atoms with Crippen LogP contribution in [0, 0.1) is 20.8 Å². The third-order valence-electron chi connectivity index (χ3n) is 1.54. The highest BCUT2D eigenvalue weighted by Gasteiger charge is 2.04. The van der Waals surface area contributed by atoms with Gasteiger partial charge in [-0.05, 0) is 32.4 Å². The topological polar surface area (TPSA) is 17.1 Å². The number of aryl methyl sites for hydroxylation is 3. The summed E-state index contributed by atoms with van der Waals surface area (Å²) in [5.41, 5.74) is 4.06. The Morgan fingerprint density at radius 3 is 1.33 bits per heavy atom. The van der Waals surface area contributed by atoms with Gasteiger partial charge in [0.05, 0.1) is 0 Å². The van der Waals surface area contributed by atoms with Gasteiger partial charge in [0.25, 0.3) is 5.24 Å². The van der Waals surface area contributed by atoms with Crippen molar-refractivity contribution in [3.63, 3.8) is 0 Å². The van der Waals surface area contributed by atoms with Crippen LogP contribution in [0.25, 0.3) is 0 Å². The molecule has 1 aromatic rings. The normalized spacial score (nSPS) is 9.53. The summed E-state index contributed by atoms with van der Waals surface area (Å²) in [7, 11) is 0. The summed E-state index contributed by atoms with van der Waals surface area (Å²) in [6.45, 7) is 6.38. The van der Waals surface area contributed by atoms with Crippen LogP contribution in [0.2, 0.25) is 0 Å². The van der Waals surface area contributed by atoms with Crippen LogP contribution in [0.4, 0.5) is 0 Å². The highest BCUT2D eigenvalue weighted by atomic mass is 35.5. The van der Waals surface area contributed by atoms with Crippen molar-refractivity contribution in [3.8, 4) is 0 Å². The monoisotopic (exact) mass is 266 g/mol. The van der Waals surface area contributed by atoms with Crippen molar-refractivity contribution in [1.29, 1.82) is 0 Å². The van der Waals surface area contributed by atoms with Gasteiger partial charge in [0.2, 0.25) is 0 Å². The van der Waals surface area contributed by atoms with Gasteiger partial charge in [0.15, 0.2) is 4.84 Å². The third kappa shape index (κ3) is 7.66.